The summed E-state index contributed by atoms with van der Waals surface area (Å²) in [6.07, 6.45) is 5.47. The van der Waals surface area contributed by atoms with E-state index in [0.29, 0.717) is 12.5 Å². The topological polar surface area (TPSA) is 35.8 Å². The molecule has 0 aliphatic rings. The number of nitrogens with one attached hydrogen (secondary N) is 1. The predicted molar refractivity (Wildman–Crippen MR) is 65.6 cm³/mol. The molecule has 0 saturated carbocycles. The van der Waals surface area contributed by atoms with Crippen LogP contribution < -0.4 is 5.32 Å². The van der Waals surface area contributed by atoms with Gasteiger partial charge in [0.2, 0.25) is 0 Å². The van der Waals surface area contributed by atoms with Crippen LogP contribution in [0.3, 0.4) is 0 Å². The van der Waals surface area contributed by atoms with Gasteiger partial charge < -0.3 is 5.32 Å². The maximum Gasteiger partial charge on any atom is 0.0621 e. The summed E-state index contributed by atoms with van der Waals surface area (Å²) < 4.78 is 0. The first kappa shape index (κ1) is 14.5. The Morgan fingerprint density at radius 1 is 1.40 bits per heavy atom. The van der Waals surface area contributed by atoms with Crippen molar-refractivity contribution in [1.82, 2.24) is 5.32 Å². The molecule has 0 radical (unpaired) electrons. The quantitative estimate of drug-likeness (QED) is 0.665. The van der Waals surface area contributed by atoms with Gasteiger partial charge in [0.15, 0.2) is 0 Å². The first-order chi connectivity index (χ1) is 7.02. The van der Waals surface area contributed by atoms with Crippen LogP contribution in [0.25, 0.3) is 0 Å². The van der Waals surface area contributed by atoms with Crippen LogP contribution in [0, 0.1) is 16.7 Å². The molecule has 0 aliphatic carbocycles. The standard InChI is InChI=1S/C13H26N2/c1-5-6-8-12(2)15-11-13(3,4)9-7-10-14/h12,15H,5-9,11H2,1-4H3. The summed E-state index contributed by atoms with van der Waals surface area (Å²) in [6, 6.07) is 2.82. The molecular formula is C13H26N2. The Hall–Kier alpha value is -0.550. The first-order valence-corrected chi connectivity index (χ1v) is 6.12. The van der Waals surface area contributed by atoms with E-state index in [1.165, 1.54) is 19.3 Å². The number of rotatable bonds is 8. The monoisotopic (exact) mass is 210 g/mol. The summed E-state index contributed by atoms with van der Waals surface area (Å²) in [4.78, 5) is 0. The maximum atomic E-state index is 8.55. The van der Waals surface area contributed by atoms with Crippen molar-refractivity contribution in [1.29, 1.82) is 5.26 Å². The summed E-state index contributed by atoms with van der Waals surface area (Å²) in [5.74, 6) is 0. The molecule has 0 bridgehead atoms. The second kappa shape index (κ2) is 7.70. The van der Waals surface area contributed by atoms with Crippen molar-refractivity contribution < 1.29 is 0 Å². The van der Waals surface area contributed by atoms with Gasteiger partial charge in [-0.2, -0.15) is 5.26 Å². The third-order valence-electron chi connectivity index (χ3n) is 2.83. The summed E-state index contributed by atoms with van der Waals surface area (Å²) >= 11 is 0. The molecule has 0 heterocycles. The van der Waals surface area contributed by atoms with Crippen LogP contribution >= 0.6 is 0 Å². The highest BCUT2D eigenvalue weighted by atomic mass is 14.9. The van der Waals surface area contributed by atoms with E-state index in [0.717, 1.165) is 13.0 Å². The van der Waals surface area contributed by atoms with Gasteiger partial charge in [0, 0.05) is 19.0 Å². The predicted octanol–water partition coefficient (Wildman–Crippen LogP) is 3.48. The van der Waals surface area contributed by atoms with Crippen LogP contribution in [0.2, 0.25) is 0 Å². The molecule has 2 heteroatoms. The Balaban J connectivity index is 3.67. The van der Waals surface area contributed by atoms with Gasteiger partial charge in [0.1, 0.15) is 0 Å². The Bertz CT molecular complexity index is 191. The molecule has 0 rings (SSSR count). The van der Waals surface area contributed by atoms with Crippen molar-refractivity contribution in [3.63, 3.8) is 0 Å². The fourth-order valence-corrected chi connectivity index (χ4v) is 1.55. The number of unbranched alkanes of at least 4 members (excludes halogenated alkanes) is 1. The third-order valence-corrected chi connectivity index (χ3v) is 2.83. The van der Waals surface area contributed by atoms with Crippen LogP contribution in [0.5, 0.6) is 0 Å². The molecule has 0 spiro atoms. The summed E-state index contributed by atoms with van der Waals surface area (Å²) in [5.41, 5.74) is 0.246. The van der Waals surface area contributed by atoms with Gasteiger partial charge in [-0.3, -0.25) is 0 Å². The molecule has 0 aromatic heterocycles. The molecule has 15 heavy (non-hydrogen) atoms. The van der Waals surface area contributed by atoms with Gasteiger partial charge in [0.25, 0.3) is 0 Å². The second-order valence-electron chi connectivity index (χ2n) is 5.25. The van der Waals surface area contributed by atoms with Gasteiger partial charge in [-0.05, 0) is 25.2 Å². The Labute approximate surface area is 95.1 Å². The van der Waals surface area contributed by atoms with E-state index in [-0.39, 0.29) is 5.41 Å². The zero-order chi connectivity index (χ0) is 11.7. The highest BCUT2D eigenvalue weighted by molar-refractivity contribution is 4.79. The normalized spacial score (nSPS) is 13.5. The third kappa shape index (κ3) is 8.44. The lowest BCUT2D eigenvalue weighted by Gasteiger charge is -2.26. The molecule has 0 fully saturated rings. The highest BCUT2D eigenvalue weighted by Gasteiger charge is 2.17. The number of hydrogen-bond acceptors (Lipinski definition) is 2. The van der Waals surface area contributed by atoms with Crippen LogP contribution in [0.15, 0.2) is 0 Å². The summed E-state index contributed by atoms with van der Waals surface area (Å²) in [7, 11) is 0. The molecular weight excluding hydrogens is 184 g/mol. The minimum Gasteiger partial charge on any atom is -0.314 e. The Morgan fingerprint density at radius 3 is 2.60 bits per heavy atom. The van der Waals surface area contributed by atoms with Crippen LogP contribution in [0.4, 0.5) is 0 Å². The van der Waals surface area contributed by atoms with Crippen LogP contribution in [-0.4, -0.2) is 12.6 Å². The summed E-state index contributed by atoms with van der Waals surface area (Å²) in [5, 5.41) is 12.1. The van der Waals surface area contributed by atoms with Gasteiger partial charge in [-0.1, -0.05) is 33.6 Å². The van der Waals surface area contributed by atoms with Gasteiger partial charge in [0.05, 0.1) is 6.07 Å². The zero-order valence-electron chi connectivity index (χ0n) is 10.8. The number of nitrogens with zero attached hydrogens (tertiary/aromatic N) is 1. The van der Waals surface area contributed by atoms with Crippen molar-refractivity contribution >= 4 is 0 Å². The fourth-order valence-electron chi connectivity index (χ4n) is 1.55. The highest BCUT2D eigenvalue weighted by Crippen LogP contribution is 2.21. The van der Waals surface area contributed by atoms with E-state index in [1.54, 1.807) is 0 Å². The van der Waals surface area contributed by atoms with Crippen molar-refractivity contribution in [3.05, 3.63) is 0 Å². The molecule has 0 aromatic rings. The Morgan fingerprint density at radius 2 is 2.07 bits per heavy atom. The number of nitriles is 1. The smallest absolute Gasteiger partial charge is 0.0621 e. The zero-order valence-corrected chi connectivity index (χ0v) is 10.8. The molecule has 88 valence electrons. The lowest BCUT2D eigenvalue weighted by atomic mass is 9.87. The van der Waals surface area contributed by atoms with E-state index < -0.39 is 0 Å². The van der Waals surface area contributed by atoms with Crippen molar-refractivity contribution in [3.8, 4) is 6.07 Å². The molecule has 1 atom stereocenters. The van der Waals surface area contributed by atoms with Crippen LogP contribution in [0.1, 0.15) is 59.8 Å². The molecule has 0 amide bonds. The molecule has 2 nitrogen and oxygen atoms in total. The molecule has 0 aromatic carbocycles. The molecule has 1 unspecified atom stereocenters. The summed E-state index contributed by atoms with van der Waals surface area (Å²) in [6.45, 7) is 9.94. The van der Waals surface area contributed by atoms with Crippen LogP contribution in [-0.2, 0) is 0 Å². The van der Waals surface area contributed by atoms with Gasteiger partial charge >= 0.3 is 0 Å². The van der Waals surface area contributed by atoms with E-state index >= 15 is 0 Å². The molecule has 0 saturated heterocycles. The SMILES string of the molecule is CCCCC(C)NCC(C)(C)CCC#N. The van der Waals surface area contributed by atoms with E-state index in [4.69, 9.17) is 5.26 Å². The minimum absolute atomic E-state index is 0.246. The minimum atomic E-state index is 0.246. The van der Waals surface area contributed by atoms with Crippen molar-refractivity contribution in [2.45, 2.75) is 65.8 Å². The van der Waals surface area contributed by atoms with E-state index in [2.05, 4.69) is 39.1 Å². The van der Waals surface area contributed by atoms with Crippen molar-refractivity contribution in [2.75, 3.05) is 6.54 Å². The fraction of sp³-hybridized carbons (Fsp3) is 0.923. The van der Waals surface area contributed by atoms with E-state index in [1.807, 2.05) is 0 Å². The Kier molecular flexibility index (Phi) is 7.42. The lowest BCUT2D eigenvalue weighted by Crippen LogP contribution is -2.35. The van der Waals surface area contributed by atoms with Gasteiger partial charge in [-0.15, -0.1) is 0 Å². The maximum absolute atomic E-state index is 8.55. The second-order valence-corrected chi connectivity index (χ2v) is 5.25. The number of hydrogen-bond donors (Lipinski definition) is 1. The lowest BCUT2D eigenvalue weighted by molar-refractivity contribution is 0.298. The van der Waals surface area contributed by atoms with E-state index in [9.17, 15) is 0 Å². The van der Waals surface area contributed by atoms with Gasteiger partial charge in [-0.25, -0.2) is 0 Å². The van der Waals surface area contributed by atoms with Crippen molar-refractivity contribution in [2.24, 2.45) is 5.41 Å². The first-order valence-electron chi connectivity index (χ1n) is 6.12. The molecule has 0 aliphatic heterocycles. The largest absolute Gasteiger partial charge is 0.314 e. The average Bonchev–Trinajstić information content (AvgIpc) is 2.21. The molecule has 1 N–H and O–H groups in total. The average molecular weight is 210 g/mol.